The van der Waals surface area contributed by atoms with Gasteiger partial charge in [0.1, 0.15) is 5.76 Å². The van der Waals surface area contributed by atoms with Crippen LogP contribution in [0, 0.1) is 22.9 Å². The third kappa shape index (κ3) is 2.97. The van der Waals surface area contributed by atoms with Gasteiger partial charge in [-0.2, -0.15) is 4.39 Å². The molecule has 20 heavy (non-hydrogen) atoms. The zero-order chi connectivity index (χ0) is 14.7. The van der Waals surface area contributed by atoms with E-state index in [0.29, 0.717) is 11.7 Å². The maximum absolute atomic E-state index is 13.1. The lowest BCUT2D eigenvalue weighted by atomic mass is 10.2. The molecule has 0 saturated heterocycles. The molecule has 1 aromatic carbocycles. The Morgan fingerprint density at radius 1 is 1.55 bits per heavy atom. The lowest BCUT2D eigenvalue weighted by Crippen LogP contribution is -2.23. The van der Waals surface area contributed by atoms with E-state index in [2.05, 4.69) is 10.3 Å². The summed E-state index contributed by atoms with van der Waals surface area (Å²) in [4.78, 5) is 25.4. The first-order chi connectivity index (χ1) is 9.47. The first-order valence-electron chi connectivity index (χ1n) is 5.61. The molecule has 0 saturated carbocycles. The Hall–Kier alpha value is -2.77. The maximum Gasteiger partial charge on any atom is 0.305 e. The number of hydrogen-bond donors (Lipinski definition) is 1. The quantitative estimate of drug-likeness (QED) is 0.681. The molecular weight excluding hydrogens is 269 g/mol. The summed E-state index contributed by atoms with van der Waals surface area (Å²) < 4.78 is 18.3. The van der Waals surface area contributed by atoms with E-state index >= 15 is 0 Å². The van der Waals surface area contributed by atoms with Crippen molar-refractivity contribution in [1.29, 1.82) is 0 Å². The van der Waals surface area contributed by atoms with Gasteiger partial charge in [0, 0.05) is 11.6 Å². The maximum atomic E-state index is 13.1. The summed E-state index contributed by atoms with van der Waals surface area (Å²) in [5.41, 5.74) is -0.758. The van der Waals surface area contributed by atoms with Crippen LogP contribution in [0.2, 0.25) is 0 Å². The van der Waals surface area contributed by atoms with E-state index in [4.69, 9.17) is 4.42 Å². The van der Waals surface area contributed by atoms with Gasteiger partial charge in [-0.1, -0.05) is 0 Å². The Morgan fingerprint density at radius 3 is 2.90 bits per heavy atom. The van der Waals surface area contributed by atoms with Gasteiger partial charge in [-0.15, -0.1) is 0 Å². The van der Waals surface area contributed by atoms with Crippen LogP contribution in [0.1, 0.15) is 22.0 Å². The van der Waals surface area contributed by atoms with Crippen LogP contribution in [0.5, 0.6) is 0 Å². The van der Waals surface area contributed by atoms with Gasteiger partial charge in [-0.25, -0.2) is 4.98 Å². The van der Waals surface area contributed by atoms with E-state index in [1.165, 1.54) is 12.3 Å². The second kappa shape index (κ2) is 5.47. The highest BCUT2D eigenvalue weighted by Gasteiger charge is 2.17. The smallest absolute Gasteiger partial charge is 0.305 e. The van der Waals surface area contributed by atoms with E-state index < -0.39 is 22.3 Å². The molecule has 0 aliphatic carbocycles. The SMILES string of the molecule is Cc1cnc(CNC(=O)c2ccc(F)c([N+](=O)[O-])c2)o1. The number of carbonyl (C=O) groups is 1. The molecule has 7 nitrogen and oxygen atoms in total. The molecule has 8 heteroatoms. The normalized spacial score (nSPS) is 10.3. The Labute approximate surface area is 112 Å². The standard InChI is InChI=1S/C12H10FN3O4/c1-7-5-14-11(20-7)6-15-12(17)8-2-3-9(13)10(4-8)16(18)19/h2-5H,6H2,1H3,(H,15,17). The number of carbonyl (C=O) groups excluding carboxylic acids is 1. The summed E-state index contributed by atoms with van der Waals surface area (Å²) in [6.45, 7) is 1.75. The molecule has 0 fully saturated rings. The largest absolute Gasteiger partial charge is 0.444 e. The fourth-order valence-corrected chi connectivity index (χ4v) is 1.53. The van der Waals surface area contributed by atoms with Crippen molar-refractivity contribution in [2.75, 3.05) is 0 Å². The van der Waals surface area contributed by atoms with Crippen LogP contribution in [0.15, 0.2) is 28.8 Å². The number of benzene rings is 1. The van der Waals surface area contributed by atoms with Gasteiger partial charge < -0.3 is 9.73 Å². The molecule has 0 unspecified atom stereocenters. The highest BCUT2D eigenvalue weighted by Crippen LogP contribution is 2.18. The summed E-state index contributed by atoms with van der Waals surface area (Å²) in [6.07, 6.45) is 1.50. The highest BCUT2D eigenvalue weighted by atomic mass is 19.1. The third-order valence-corrected chi connectivity index (χ3v) is 2.47. The predicted octanol–water partition coefficient (Wildman–Crippen LogP) is 1.96. The fraction of sp³-hybridized carbons (Fsp3) is 0.167. The summed E-state index contributed by atoms with van der Waals surface area (Å²) in [5, 5.41) is 13.1. The van der Waals surface area contributed by atoms with Crippen molar-refractivity contribution in [2.45, 2.75) is 13.5 Å². The van der Waals surface area contributed by atoms with Crippen LogP contribution in [0.25, 0.3) is 0 Å². The lowest BCUT2D eigenvalue weighted by Gasteiger charge is -2.03. The zero-order valence-electron chi connectivity index (χ0n) is 10.4. The fourth-order valence-electron chi connectivity index (χ4n) is 1.53. The molecule has 1 amide bonds. The van der Waals surface area contributed by atoms with Crippen molar-refractivity contribution in [3.05, 3.63) is 57.5 Å². The van der Waals surface area contributed by atoms with E-state index in [-0.39, 0.29) is 12.1 Å². The predicted molar refractivity (Wildman–Crippen MR) is 65.5 cm³/mol. The van der Waals surface area contributed by atoms with Crippen molar-refractivity contribution in [2.24, 2.45) is 0 Å². The molecule has 1 heterocycles. The minimum atomic E-state index is -0.991. The van der Waals surface area contributed by atoms with Crippen LogP contribution < -0.4 is 5.32 Å². The van der Waals surface area contributed by atoms with Crippen molar-refractivity contribution in [3.63, 3.8) is 0 Å². The lowest BCUT2D eigenvalue weighted by molar-refractivity contribution is -0.387. The summed E-state index contributed by atoms with van der Waals surface area (Å²) in [7, 11) is 0. The molecule has 104 valence electrons. The molecule has 0 aliphatic rings. The number of rotatable bonds is 4. The van der Waals surface area contributed by atoms with Crippen LogP contribution in [-0.4, -0.2) is 15.8 Å². The molecule has 2 rings (SSSR count). The summed E-state index contributed by atoms with van der Waals surface area (Å²) in [6, 6.07) is 2.92. The Bertz CT molecular complexity index is 668. The topological polar surface area (TPSA) is 98.3 Å². The van der Waals surface area contributed by atoms with Gasteiger partial charge in [0.15, 0.2) is 0 Å². The van der Waals surface area contributed by atoms with Gasteiger partial charge in [-0.05, 0) is 19.1 Å². The number of nitro benzene ring substituents is 1. The van der Waals surface area contributed by atoms with Crippen LogP contribution in [0.4, 0.5) is 10.1 Å². The number of nitrogens with one attached hydrogen (secondary N) is 1. The number of amides is 1. The minimum Gasteiger partial charge on any atom is -0.444 e. The molecule has 0 radical (unpaired) electrons. The monoisotopic (exact) mass is 279 g/mol. The van der Waals surface area contributed by atoms with E-state index in [1.54, 1.807) is 6.92 Å². The summed E-state index contributed by atoms with van der Waals surface area (Å²) >= 11 is 0. The van der Waals surface area contributed by atoms with Crippen molar-refractivity contribution >= 4 is 11.6 Å². The van der Waals surface area contributed by atoms with Crippen molar-refractivity contribution in [3.8, 4) is 0 Å². The number of halogens is 1. The molecule has 1 N–H and O–H groups in total. The van der Waals surface area contributed by atoms with Crippen molar-refractivity contribution < 1.29 is 18.5 Å². The van der Waals surface area contributed by atoms with E-state index in [1.807, 2.05) is 0 Å². The van der Waals surface area contributed by atoms with Crippen LogP contribution >= 0.6 is 0 Å². The number of oxazole rings is 1. The second-order valence-electron chi connectivity index (χ2n) is 3.97. The number of aryl methyl sites for hydroxylation is 1. The van der Waals surface area contributed by atoms with E-state index in [9.17, 15) is 19.3 Å². The molecule has 2 aromatic rings. The average molecular weight is 279 g/mol. The van der Waals surface area contributed by atoms with Gasteiger partial charge in [-0.3, -0.25) is 14.9 Å². The highest BCUT2D eigenvalue weighted by molar-refractivity contribution is 5.94. The van der Waals surface area contributed by atoms with E-state index in [0.717, 1.165) is 12.1 Å². The number of hydrogen-bond acceptors (Lipinski definition) is 5. The molecule has 0 bridgehead atoms. The first-order valence-corrected chi connectivity index (χ1v) is 5.61. The van der Waals surface area contributed by atoms with Gasteiger partial charge in [0.2, 0.25) is 11.7 Å². The average Bonchev–Trinajstić information content (AvgIpc) is 2.82. The van der Waals surface area contributed by atoms with Gasteiger partial charge in [0.25, 0.3) is 5.91 Å². The molecule has 0 spiro atoms. The third-order valence-electron chi connectivity index (χ3n) is 2.47. The van der Waals surface area contributed by atoms with Crippen molar-refractivity contribution in [1.82, 2.24) is 10.3 Å². The van der Waals surface area contributed by atoms with Crippen LogP contribution in [0.3, 0.4) is 0 Å². The second-order valence-corrected chi connectivity index (χ2v) is 3.97. The van der Waals surface area contributed by atoms with Gasteiger partial charge in [0.05, 0.1) is 17.7 Å². The minimum absolute atomic E-state index is 0.0126. The van der Waals surface area contributed by atoms with Crippen LogP contribution in [-0.2, 0) is 6.54 Å². The Morgan fingerprint density at radius 2 is 2.30 bits per heavy atom. The Kier molecular flexibility index (Phi) is 3.74. The number of nitrogens with zero attached hydrogens (tertiary/aromatic N) is 2. The first kappa shape index (κ1) is 13.7. The molecule has 1 aromatic heterocycles. The molecule has 0 atom stereocenters. The number of nitro groups is 1. The summed E-state index contributed by atoms with van der Waals surface area (Å²) in [5.74, 6) is -0.655. The zero-order valence-corrected chi connectivity index (χ0v) is 10.4. The van der Waals surface area contributed by atoms with Gasteiger partial charge >= 0.3 is 5.69 Å². The number of aromatic nitrogens is 1. The molecular formula is C12H10FN3O4. The molecule has 0 aliphatic heterocycles. The Balaban J connectivity index is 2.09.